The van der Waals surface area contributed by atoms with Crippen molar-refractivity contribution in [3.63, 3.8) is 0 Å². The molecule has 0 saturated carbocycles. The fraction of sp³-hybridized carbons (Fsp3) is 0.357. The predicted octanol–water partition coefficient (Wildman–Crippen LogP) is 1.78. The van der Waals surface area contributed by atoms with Crippen LogP contribution in [-0.4, -0.2) is 43.8 Å². The Bertz CT molecular complexity index is 457. The van der Waals surface area contributed by atoms with Crippen molar-refractivity contribution in [3.05, 3.63) is 35.9 Å². The van der Waals surface area contributed by atoms with Crippen molar-refractivity contribution in [2.45, 2.75) is 6.54 Å². The monoisotopic (exact) mass is 265 g/mol. The van der Waals surface area contributed by atoms with Crippen LogP contribution in [-0.2, 0) is 11.3 Å². The summed E-state index contributed by atoms with van der Waals surface area (Å²) < 4.78 is 10.4. The van der Waals surface area contributed by atoms with Gasteiger partial charge in [0.05, 0.1) is 14.2 Å². The lowest BCUT2D eigenvalue weighted by Crippen LogP contribution is -2.17. The minimum absolute atomic E-state index is 0.570. The summed E-state index contributed by atoms with van der Waals surface area (Å²) in [7, 11) is 5.12. The number of nitrogens with zero attached hydrogens (tertiary/aromatic N) is 1. The van der Waals surface area contributed by atoms with Gasteiger partial charge in [0.25, 0.3) is 0 Å². The van der Waals surface area contributed by atoms with Gasteiger partial charge in [-0.15, -0.1) is 0 Å². The SMILES string of the molecule is COc1ccc(CN(C)C/C=C/C(=O)O)cc1OC. The zero-order valence-corrected chi connectivity index (χ0v) is 11.4. The van der Waals surface area contributed by atoms with Crippen molar-refractivity contribution in [2.75, 3.05) is 27.8 Å². The van der Waals surface area contributed by atoms with Gasteiger partial charge in [-0.25, -0.2) is 4.79 Å². The van der Waals surface area contributed by atoms with Gasteiger partial charge in [0.15, 0.2) is 11.5 Å². The predicted molar refractivity (Wildman–Crippen MR) is 72.7 cm³/mol. The van der Waals surface area contributed by atoms with E-state index in [0.29, 0.717) is 24.6 Å². The molecule has 0 radical (unpaired) electrons. The molecule has 0 atom stereocenters. The molecule has 0 saturated heterocycles. The zero-order chi connectivity index (χ0) is 14.3. The second-order valence-corrected chi connectivity index (χ2v) is 4.13. The van der Waals surface area contributed by atoms with Crippen molar-refractivity contribution in [3.8, 4) is 11.5 Å². The molecule has 1 rings (SSSR count). The van der Waals surface area contributed by atoms with E-state index in [1.807, 2.05) is 30.1 Å². The van der Waals surface area contributed by atoms with E-state index >= 15 is 0 Å². The molecule has 5 heteroatoms. The number of ether oxygens (including phenoxy) is 2. The average molecular weight is 265 g/mol. The van der Waals surface area contributed by atoms with E-state index < -0.39 is 5.97 Å². The molecule has 0 aliphatic rings. The van der Waals surface area contributed by atoms with E-state index in [4.69, 9.17) is 14.6 Å². The lowest BCUT2D eigenvalue weighted by molar-refractivity contribution is -0.131. The highest BCUT2D eigenvalue weighted by Gasteiger charge is 2.06. The Morgan fingerprint density at radius 2 is 2.00 bits per heavy atom. The quantitative estimate of drug-likeness (QED) is 0.761. The minimum atomic E-state index is -0.931. The molecule has 1 aromatic rings. The second-order valence-electron chi connectivity index (χ2n) is 4.13. The number of carboxylic acid groups (broad SMARTS) is 1. The van der Waals surface area contributed by atoms with Crippen molar-refractivity contribution < 1.29 is 19.4 Å². The van der Waals surface area contributed by atoms with Gasteiger partial charge < -0.3 is 14.6 Å². The summed E-state index contributed by atoms with van der Waals surface area (Å²) in [6, 6.07) is 5.73. The third kappa shape index (κ3) is 5.01. The Labute approximate surface area is 113 Å². The van der Waals surface area contributed by atoms with Gasteiger partial charge in [-0.1, -0.05) is 12.1 Å². The molecule has 0 aliphatic heterocycles. The first-order valence-corrected chi connectivity index (χ1v) is 5.85. The maximum absolute atomic E-state index is 10.4. The molecule has 0 bridgehead atoms. The van der Waals surface area contributed by atoms with Gasteiger partial charge in [0, 0.05) is 19.2 Å². The summed E-state index contributed by atoms with van der Waals surface area (Å²) in [6.45, 7) is 1.27. The number of rotatable bonds is 7. The van der Waals surface area contributed by atoms with Gasteiger partial charge in [-0.2, -0.15) is 0 Å². The summed E-state index contributed by atoms with van der Waals surface area (Å²) in [5, 5.41) is 8.51. The molecule has 0 amide bonds. The first kappa shape index (κ1) is 15.0. The number of carboxylic acids is 1. The third-order valence-electron chi connectivity index (χ3n) is 2.58. The van der Waals surface area contributed by atoms with Crippen LogP contribution < -0.4 is 9.47 Å². The van der Waals surface area contributed by atoms with Crippen molar-refractivity contribution in [1.29, 1.82) is 0 Å². The largest absolute Gasteiger partial charge is 0.493 e. The molecule has 19 heavy (non-hydrogen) atoms. The number of hydrogen-bond donors (Lipinski definition) is 1. The lowest BCUT2D eigenvalue weighted by atomic mass is 10.2. The van der Waals surface area contributed by atoms with Crippen LogP contribution in [0.15, 0.2) is 30.4 Å². The summed E-state index contributed by atoms with van der Waals surface area (Å²) in [5.41, 5.74) is 1.07. The van der Waals surface area contributed by atoms with Crippen LogP contribution in [0.2, 0.25) is 0 Å². The first-order chi connectivity index (χ1) is 9.06. The van der Waals surface area contributed by atoms with E-state index in [1.54, 1.807) is 20.3 Å². The van der Waals surface area contributed by atoms with Gasteiger partial charge in [-0.05, 0) is 24.7 Å². The molecule has 0 aliphatic carbocycles. The molecule has 0 aromatic heterocycles. The topological polar surface area (TPSA) is 59.0 Å². The van der Waals surface area contributed by atoms with Crippen LogP contribution in [0, 0.1) is 0 Å². The van der Waals surface area contributed by atoms with Gasteiger partial charge in [-0.3, -0.25) is 4.90 Å². The highest BCUT2D eigenvalue weighted by Crippen LogP contribution is 2.27. The Hall–Kier alpha value is -2.01. The standard InChI is InChI=1S/C14H19NO4/c1-15(8-4-5-14(16)17)10-11-6-7-12(18-2)13(9-11)19-3/h4-7,9H,8,10H2,1-3H3,(H,16,17)/b5-4+. The molecule has 1 aromatic carbocycles. The molecule has 104 valence electrons. The van der Waals surface area contributed by atoms with E-state index in [9.17, 15) is 4.79 Å². The first-order valence-electron chi connectivity index (χ1n) is 5.85. The van der Waals surface area contributed by atoms with Crippen LogP contribution in [0.25, 0.3) is 0 Å². The lowest BCUT2D eigenvalue weighted by Gasteiger charge is -2.15. The molecule has 0 unspecified atom stereocenters. The van der Waals surface area contributed by atoms with Crippen molar-refractivity contribution >= 4 is 5.97 Å². The van der Waals surface area contributed by atoms with Crippen LogP contribution in [0.4, 0.5) is 0 Å². The summed E-state index contributed by atoms with van der Waals surface area (Å²) in [4.78, 5) is 12.4. The Balaban J connectivity index is 2.64. The molecular weight excluding hydrogens is 246 g/mol. The second kappa shape index (κ2) is 7.43. The number of carbonyl (C=O) groups is 1. The number of likely N-dealkylation sites (N-methyl/N-ethyl adjacent to an activating group) is 1. The smallest absolute Gasteiger partial charge is 0.328 e. The molecule has 0 spiro atoms. The van der Waals surface area contributed by atoms with E-state index in [1.165, 1.54) is 0 Å². The van der Waals surface area contributed by atoms with Crippen LogP contribution >= 0.6 is 0 Å². The molecule has 0 heterocycles. The fourth-order valence-corrected chi connectivity index (χ4v) is 1.69. The Kier molecular flexibility index (Phi) is 5.89. The van der Waals surface area contributed by atoms with Crippen LogP contribution in [0.3, 0.4) is 0 Å². The minimum Gasteiger partial charge on any atom is -0.493 e. The zero-order valence-electron chi connectivity index (χ0n) is 11.4. The van der Waals surface area contributed by atoms with Crippen molar-refractivity contribution in [2.24, 2.45) is 0 Å². The Morgan fingerprint density at radius 1 is 1.32 bits per heavy atom. The number of hydrogen-bond acceptors (Lipinski definition) is 4. The molecule has 5 nitrogen and oxygen atoms in total. The summed E-state index contributed by atoms with van der Waals surface area (Å²) >= 11 is 0. The number of benzene rings is 1. The molecule has 1 N–H and O–H groups in total. The van der Waals surface area contributed by atoms with E-state index in [-0.39, 0.29) is 0 Å². The molecule has 0 fully saturated rings. The van der Waals surface area contributed by atoms with Gasteiger partial charge >= 0.3 is 5.97 Å². The fourth-order valence-electron chi connectivity index (χ4n) is 1.69. The van der Waals surface area contributed by atoms with Crippen LogP contribution in [0.5, 0.6) is 11.5 Å². The molecular formula is C14H19NO4. The van der Waals surface area contributed by atoms with Crippen LogP contribution in [0.1, 0.15) is 5.56 Å². The normalized spacial score (nSPS) is 10.9. The highest BCUT2D eigenvalue weighted by molar-refractivity contribution is 5.79. The summed E-state index contributed by atoms with van der Waals surface area (Å²) in [6.07, 6.45) is 2.76. The highest BCUT2D eigenvalue weighted by atomic mass is 16.5. The maximum atomic E-state index is 10.4. The van der Waals surface area contributed by atoms with Crippen molar-refractivity contribution in [1.82, 2.24) is 4.90 Å². The Morgan fingerprint density at radius 3 is 2.58 bits per heavy atom. The van der Waals surface area contributed by atoms with Gasteiger partial charge in [0.2, 0.25) is 0 Å². The number of aliphatic carboxylic acids is 1. The van der Waals surface area contributed by atoms with E-state index in [0.717, 1.165) is 11.6 Å². The van der Waals surface area contributed by atoms with Gasteiger partial charge in [0.1, 0.15) is 0 Å². The maximum Gasteiger partial charge on any atom is 0.328 e. The average Bonchev–Trinajstić information content (AvgIpc) is 2.38. The van der Waals surface area contributed by atoms with E-state index in [2.05, 4.69) is 0 Å². The number of methoxy groups -OCH3 is 2. The summed E-state index contributed by atoms with van der Waals surface area (Å²) in [5.74, 6) is 0.452. The third-order valence-corrected chi connectivity index (χ3v) is 2.58.